The van der Waals surface area contributed by atoms with Crippen LogP contribution >= 0.6 is 11.8 Å². The number of hydrogen-bond donors (Lipinski definition) is 2. The van der Waals surface area contributed by atoms with Crippen molar-refractivity contribution in [3.05, 3.63) is 65.5 Å². The molecular formula is C19H25N3OS. The minimum atomic E-state index is -0.184. The van der Waals surface area contributed by atoms with Crippen molar-refractivity contribution in [1.29, 1.82) is 0 Å². The van der Waals surface area contributed by atoms with Crippen LogP contribution in [-0.2, 0) is 10.5 Å². The summed E-state index contributed by atoms with van der Waals surface area (Å²) in [5.74, 6) is 1.66. The van der Waals surface area contributed by atoms with Crippen molar-refractivity contribution in [1.82, 2.24) is 10.3 Å². The highest BCUT2D eigenvalue weighted by molar-refractivity contribution is 7.99. The maximum absolute atomic E-state index is 11.9. The second kappa shape index (κ2) is 9.45. The summed E-state index contributed by atoms with van der Waals surface area (Å²) >= 11 is 1.55. The second-order valence-electron chi connectivity index (χ2n) is 6.05. The topological polar surface area (TPSA) is 68.0 Å². The number of hydrogen-bond acceptors (Lipinski definition) is 4. The summed E-state index contributed by atoms with van der Waals surface area (Å²) < 4.78 is 0. The summed E-state index contributed by atoms with van der Waals surface area (Å²) in [7, 11) is 0. The van der Waals surface area contributed by atoms with Gasteiger partial charge in [-0.2, -0.15) is 0 Å². The van der Waals surface area contributed by atoms with E-state index in [2.05, 4.69) is 36.3 Å². The van der Waals surface area contributed by atoms with Crippen molar-refractivity contribution in [2.75, 3.05) is 12.3 Å². The average Bonchev–Trinajstić information content (AvgIpc) is 2.60. The Labute approximate surface area is 148 Å². The van der Waals surface area contributed by atoms with Gasteiger partial charge in [-0.3, -0.25) is 9.78 Å². The molecule has 0 aliphatic heterocycles. The third-order valence-electron chi connectivity index (χ3n) is 3.76. The highest BCUT2D eigenvalue weighted by atomic mass is 32.2. The fourth-order valence-electron chi connectivity index (χ4n) is 2.25. The van der Waals surface area contributed by atoms with Gasteiger partial charge in [-0.05, 0) is 29.2 Å². The molecule has 24 heavy (non-hydrogen) atoms. The second-order valence-corrected chi connectivity index (χ2v) is 7.03. The number of amides is 1. The van der Waals surface area contributed by atoms with E-state index in [9.17, 15) is 4.79 Å². The van der Waals surface area contributed by atoms with E-state index in [0.29, 0.717) is 18.2 Å². The molecule has 0 bridgehead atoms. The van der Waals surface area contributed by atoms with E-state index in [1.165, 1.54) is 5.56 Å². The number of nitrogens with one attached hydrogen (secondary N) is 1. The number of aromatic nitrogens is 1. The highest BCUT2D eigenvalue weighted by Crippen LogP contribution is 2.17. The zero-order chi connectivity index (χ0) is 17.4. The lowest BCUT2D eigenvalue weighted by molar-refractivity contribution is -0.118. The molecular weight excluding hydrogens is 318 g/mol. The Kier molecular flexibility index (Phi) is 7.28. The van der Waals surface area contributed by atoms with E-state index in [1.807, 2.05) is 30.3 Å². The predicted molar refractivity (Wildman–Crippen MR) is 101 cm³/mol. The number of rotatable bonds is 8. The van der Waals surface area contributed by atoms with Crippen LogP contribution in [0.15, 0.2) is 48.7 Å². The normalized spacial score (nSPS) is 12.2. The molecule has 1 heterocycles. The Hall–Kier alpha value is -1.85. The number of pyridine rings is 1. The molecule has 1 aromatic heterocycles. The lowest BCUT2D eigenvalue weighted by Crippen LogP contribution is -2.33. The Morgan fingerprint density at radius 2 is 1.88 bits per heavy atom. The van der Waals surface area contributed by atoms with E-state index < -0.39 is 0 Å². The Morgan fingerprint density at radius 3 is 2.50 bits per heavy atom. The maximum Gasteiger partial charge on any atom is 0.230 e. The number of nitrogens with zero attached hydrogens (tertiary/aromatic N) is 1. The number of nitrogens with two attached hydrogens (primary N) is 1. The number of carbonyl (C=O) groups excluding carboxylic acids is 1. The minimum Gasteiger partial charge on any atom is -0.353 e. The first kappa shape index (κ1) is 18.5. The third-order valence-corrected chi connectivity index (χ3v) is 4.73. The summed E-state index contributed by atoms with van der Waals surface area (Å²) in [6, 6.07) is 13.9. The minimum absolute atomic E-state index is 0.00480. The molecule has 1 unspecified atom stereocenters. The van der Waals surface area contributed by atoms with Crippen LogP contribution in [0.3, 0.4) is 0 Å². The maximum atomic E-state index is 11.9. The van der Waals surface area contributed by atoms with Gasteiger partial charge in [0.25, 0.3) is 0 Å². The van der Waals surface area contributed by atoms with Crippen LogP contribution in [0, 0.1) is 0 Å². The predicted octanol–water partition coefficient (Wildman–Crippen LogP) is 3.25. The lowest BCUT2D eigenvalue weighted by Gasteiger charge is -2.14. The average molecular weight is 343 g/mol. The van der Waals surface area contributed by atoms with Gasteiger partial charge in [-0.15, -0.1) is 11.8 Å². The molecule has 0 aliphatic rings. The molecule has 3 N–H and O–H groups in total. The molecule has 1 aromatic carbocycles. The van der Waals surface area contributed by atoms with Gasteiger partial charge in [-0.25, -0.2) is 0 Å². The fraction of sp³-hybridized carbons (Fsp3) is 0.368. The van der Waals surface area contributed by atoms with Gasteiger partial charge < -0.3 is 11.1 Å². The van der Waals surface area contributed by atoms with Crippen molar-refractivity contribution < 1.29 is 4.79 Å². The first-order chi connectivity index (χ1) is 11.6. The molecule has 4 nitrogen and oxygen atoms in total. The van der Waals surface area contributed by atoms with Gasteiger partial charge in [0.05, 0.1) is 11.4 Å². The van der Waals surface area contributed by atoms with E-state index in [-0.39, 0.29) is 11.9 Å². The van der Waals surface area contributed by atoms with Crippen molar-refractivity contribution >= 4 is 17.7 Å². The van der Waals surface area contributed by atoms with Crippen LogP contribution in [0.2, 0.25) is 0 Å². The lowest BCUT2D eigenvalue weighted by atomic mass is 9.99. The SMILES string of the molecule is CC(C)c1ccc(C(N)CNC(=O)CSCc2ccccn2)cc1. The zero-order valence-corrected chi connectivity index (χ0v) is 15.1. The molecule has 1 amide bonds. The van der Waals surface area contributed by atoms with Gasteiger partial charge in [0, 0.05) is 24.5 Å². The molecule has 0 saturated heterocycles. The van der Waals surface area contributed by atoms with Gasteiger partial charge in [0.15, 0.2) is 0 Å². The summed E-state index contributed by atoms with van der Waals surface area (Å²) in [6.07, 6.45) is 1.76. The Morgan fingerprint density at radius 1 is 1.17 bits per heavy atom. The first-order valence-corrected chi connectivity index (χ1v) is 9.31. The van der Waals surface area contributed by atoms with Crippen LogP contribution in [-0.4, -0.2) is 23.2 Å². The monoisotopic (exact) mass is 343 g/mol. The van der Waals surface area contributed by atoms with Crippen LogP contribution in [0.25, 0.3) is 0 Å². The highest BCUT2D eigenvalue weighted by Gasteiger charge is 2.09. The fourth-order valence-corrected chi connectivity index (χ4v) is 3.02. The first-order valence-electron chi connectivity index (χ1n) is 8.16. The van der Waals surface area contributed by atoms with E-state index >= 15 is 0 Å². The van der Waals surface area contributed by atoms with Gasteiger partial charge in [0.2, 0.25) is 5.91 Å². The smallest absolute Gasteiger partial charge is 0.230 e. The summed E-state index contributed by atoms with van der Waals surface area (Å²) in [4.78, 5) is 16.1. The number of thioether (sulfide) groups is 1. The van der Waals surface area contributed by atoms with Crippen LogP contribution in [0.1, 0.15) is 42.6 Å². The van der Waals surface area contributed by atoms with Crippen LogP contribution < -0.4 is 11.1 Å². The van der Waals surface area contributed by atoms with Crippen molar-refractivity contribution in [3.8, 4) is 0 Å². The van der Waals surface area contributed by atoms with Gasteiger partial charge in [-0.1, -0.05) is 44.2 Å². The van der Waals surface area contributed by atoms with E-state index in [0.717, 1.165) is 17.0 Å². The number of carbonyl (C=O) groups is 1. The summed E-state index contributed by atoms with van der Waals surface area (Å²) in [6.45, 7) is 4.78. The summed E-state index contributed by atoms with van der Waals surface area (Å²) in [5.41, 5.74) is 9.48. The molecule has 128 valence electrons. The molecule has 1 atom stereocenters. The quantitative estimate of drug-likeness (QED) is 0.772. The van der Waals surface area contributed by atoms with E-state index in [4.69, 9.17) is 5.73 Å². The molecule has 0 radical (unpaired) electrons. The molecule has 2 aromatic rings. The largest absolute Gasteiger partial charge is 0.353 e. The molecule has 0 spiro atoms. The van der Waals surface area contributed by atoms with Crippen molar-refractivity contribution in [2.24, 2.45) is 5.73 Å². The molecule has 0 saturated carbocycles. The van der Waals surface area contributed by atoms with Crippen molar-refractivity contribution in [3.63, 3.8) is 0 Å². The third kappa shape index (κ3) is 5.98. The molecule has 0 aliphatic carbocycles. The number of benzene rings is 1. The van der Waals surface area contributed by atoms with E-state index in [1.54, 1.807) is 18.0 Å². The Bertz CT molecular complexity index is 629. The summed E-state index contributed by atoms with van der Waals surface area (Å²) in [5, 5.41) is 2.90. The zero-order valence-electron chi connectivity index (χ0n) is 14.2. The molecule has 0 fully saturated rings. The molecule has 5 heteroatoms. The van der Waals surface area contributed by atoms with Gasteiger partial charge in [0.1, 0.15) is 0 Å². The standard InChI is InChI=1S/C19H25N3OS/c1-14(2)15-6-8-16(9-7-15)18(20)11-22-19(23)13-24-12-17-5-3-4-10-21-17/h3-10,14,18H,11-13,20H2,1-2H3,(H,22,23). The molecule has 2 rings (SSSR count). The van der Waals surface area contributed by atoms with Crippen molar-refractivity contribution in [2.45, 2.75) is 31.6 Å². The van der Waals surface area contributed by atoms with Crippen LogP contribution in [0.4, 0.5) is 0 Å². The van der Waals surface area contributed by atoms with Gasteiger partial charge >= 0.3 is 0 Å². The Balaban J connectivity index is 1.70. The van der Waals surface area contributed by atoms with Crippen LogP contribution in [0.5, 0.6) is 0 Å².